The normalized spacial score (nSPS) is 19.2. The van der Waals surface area contributed by atoms with Crippen LogP contribution in [0.5, 0.6) is 5.75 Å². The smallest absolute Gasteiger partial charge is 0.137 e. The van der Waals surface area contributed by atoms with Gasteiger partial charge in [0.25, 0.3) is 0 Å². The van der Waals surface area contributed by atoms with Gasteiger partial charge < -0.3 is 14.4 Å². The number of nitrogens with zero attached hydrogens (tertiary/aromatic N) is 1. The van der Waals surface area contributed by atoms with E-state index in [4.69, 9.17) is 21.1 Å². The van der Waals surface area contributed by atoms with Crippen molar-refractivity contribution in [1.82, 2.24) is 4.90 Å². The Balaban J connectivity index is 1.59. The number of halogens is 1. The quantitative estimate of drug-likeness (QED) is 0.719. The zero-order valence-corrected chi connectivity index (χ0v) is 12.9. The molecule has 1 atom stereocenters. The van der Waals surface area contributed by atoms with Gasteiger partial charge in [0.2, 0.25) is 0 Å². The first-order chi connectivity index (χ1) is 9.75. The minimum absolute atomic E-state index is 0.681. The molecule has 1 aliphatic rings. The Bertz CT molecular complexity index is 394. The molecule has 0 amide bonds. The van der Waals surface area contributed by atoms with Gasteiger partial charge >= 0.3 is 0 Å². The van der Waals surface area contributed by atoms with E-state index in [0.29, 0.717) is 17.5 Å². The molecule has 112 valence electrons. The molecule has 2 rings (SSSR count). The standard InChI is InChI=1S/C16H24ClNO2/c1-18(12-14-6-4-10-19-13-14)9-5-11-20-16-8-3-2-7-15(16)17/h2-3,7-8,14H,4-6,9-13H2,1H3/t14-/m1/s1. The molecule has 1 heterocycles. The summed E-state index contributed by atoms with van der Waals surface area (Å²) in [7, 11) is 2.17. The third-order valence-electron chi connectivity index (χ3n) is 3.60. The third kappa shape index (κ3) is 5.31. The molecule has 20 heavy (non-hydrogen) atoms. The minimum Gasteiger partial charge on any atom is -0.492 e. The molecule has 0 bridgehead atoms. The van der Waals surface area contributed by atoms with E-state index in [-0.39, 0.29) is 0 Å². The maximum Gasteiger partial charge on any atom is 0.137 e. The van der Waals surface area contributed by atoms with E-state index in [2.05, 4.69) is 11.9 Å². The van der Waals surface area contributed by atoms with Crippen LogP contribution in [0.1, 0.15) is 19.3 Å². The first-order valence-corrected chi connectivity index (χ1v) is 7.77. The van der Waals surface area contributed by atoms with Crippen LogP contribution in [0, 0.1) is 5.92 Å². The van der Waals surface area contributed by atoms with E-state index < -0.39 is 0 Å². The van der Waals surface area contributed by atoms with Crippen molar-refractivity contribution >= 4 is 11.6 Å². The van der Waals surface area contributed by atoms with Crippen LogP contribution in [0.15, 0.2) is 24.3 Å². The molecular weight excluding hydrogens is 274 g/mol. The summed E-state index contributed by atoms with van der Waals surface area (Å²) in [6.45, 7) is 4.72. The second-order valence-corrected chi connectivity index (χ2v) is 5.89. The van der Waals surface area contributed by atoms with E-state index in [1.807, 2.05) is 24.3 Å². The zero-order chi connectivity index (χ0) is 14.2. The predicted molar refractivity (Wildman–Crippen MR) is 82.6 cm³/mol. The highest BCUT2D eigenvalue weighted by Gasteiger charge is 2.15. The van der Waals surface area contributed by atoms with Crippen LogP contribution < -0.4 is 4.74 Å². The van der Waals surface area contributed by atoms with Crippen LogP contribution in [0.4, 0.5) is 0 Å². The number of hydrogen-bond donors (Lipinski definition) is 0. The number of rotatable bonds is 7. The van der Waals surface area contributed by atoms with E-state index in [1.54, 1.807) is 0 Å². The topological polar surface area (TPSA) is 21.7 Å². The van der Waals surface area contributed by atoms with E-state index in [0.717, 1.165) is 38.5 Å². The molecule has 0 radical (unpaired) electrons. The predicted octanol–water partition coefficient (Wildman–Crippen LogP) is 3.47. The molecule has 0 N–H and O–H groups in total. The first-order valence-electron chi connectivity index (χ1n) is 7.39. The zero-order valence-electron chi connectivity index (χ0n) is 12.2. The Morgan fingerprint density at radius 1 is 1.40 bits per heavy atom. The molecule has 0 spiro atoms. The van der Waals surface area contributed by atoms with Crippen molar-refractivity contribution in [3.8, 4) is 5.75 Å². The van der Waals surface area contributed by atoms with Gasteiger partial charge in [-0.15, -0.1) is 0 Å². The number of hydrogen-bond acceptors (Lipinski definition) is 3. The molecule has 1 fully saturated rings. The molecule has 0 aromatic heterocycles. The second-order valence-electron chi connectivity index (χ2n) is 5.48. The second kappa shape index (κ2) is 8.50. The Morgan fingerprint density at radius 2 is 2.25 bits per heavy atom. The van der Waals surface area contributed by atoms with Crippen LogP contribution >= 0.6 is 11.6 Å². The van der Waals surface area contributed by atoms with Gasteiger partial charge in [-0.25, -0.2) is 0 Å². The summed E-state index contributed by atoms with van der Waals surface area (Å²) in [6.07, 6.45) is 3.50. The lowest BCUT2D eigenvalue weighted by atomic mass is 10.0. The Labute approximate surface area is 126 Å². The fourth-order valence-electron chi connectivity index (χ4n) is 2.56. The average molecular weight is 298 g/mol. The maximum absolute atomic E-state index is 6.05. The molecule has 1 aliphatic heterocycles. The largest absolute Gasteiger partial charge is 0.492 e. The summed E-state index contributed by atoms with van der Waals surface area (Å²) >= 11 is 6.05. The van der Waals surface area contributed by atoms with Gasteiger partial charge in [0.05, 0.1) is 18.2 Å². The van der Waals surface area contributed by atoms with Crippen molar-refractivity contribution in [3.05, 3.63) is 29.3 Å². The Hall–Kier alpha value is -0.770. The monoisotopic (exact) mass is 297 g/mol. The molecule has 1 saturated heterocycles. The van der Waals surface area contributed by atoms with Crippen molar-refractivity contribution in [2.75, 3.05) is 40.0 Å². The molecule has 1 aromatic rings. The summed E-state index contributed by atoms with van der Waals surface area (Å²) in [4.78, 5) is 2.37. The molecular formula is C16H24ClNO2. The minimum atomic E-state index is 0.681. The highest BCUT2D eigenvalue weighted by atomic mass is 35.5. The van der Waals surface area contributed by atoms with Crippen LogP contribution in [0.2, 0.25) is 5.02 Å². The van der Waals surface area contributed by atoms with E-state index in [1.165, 1.54) is 12.8 Å². The van der Waals surface area contributed by atoms with Gasteiger partial charge in [0.15, 0.2) is 0 Å². The SMILES string of the molecule is CN(CCCOc1ccccc1Cl)C[C@H]1CCCOC1. The highest BCUT2D eigenvalue weighted by molar-refractivity contribution is 6.32. The van der Waals surface area contributed by atoms with Gasteiger partial charge in [-0.3, -0.25) is 0 Å². The van der Waals surface area contributed by atoms with Crippen LogP contribution in [0.3, 0.4) is 0 Å². The average Bonchev–Trinajstić information content (AvgIpc) is 2.46. The fraction of sp³-hybridized carbons (Fsp3) is 0.625. The van der Waals surface area contributed by atoms with Gasteiger partial charge in [-0.05, 0) is 44.4 Å². The summed E-state index contributed by atoms with van der Waals surface area (Å²) in [6, 6.07) is 7.61. The van der Waals surface area contributed by atoms with Crippen molar-refractivity contribution in [2.24, 2.45) is 5.92 Å². The van der Waals surface area contributed by atoms with Crippen molar-refractivity contribution in [2.45, 2.75) is 19.3 Å². The molecule has 0 aliphatic carbocycles. The van der Waals surface area contributed by atoms with Gasteiger partial charge in [-0.1, -0.05) is 23.7 Å². The van der Waals surface area contributed by atoms with Crippen LogP contribution in [-0.4, -0.2) is 44.9 Å². The fourth-order valence-corrected chi connectivity index (χ4v) is 2.75. The highest BCUT2D eigenvalue weighted by Crippen LogP contribution is 2.23. The lowest BCUT2D eigenvalue weighted by Gasteiger charge is -2.27. The number of benzene rings is 1. The Morgan fingerprint density at radius 3 is 3.00 bits per heavy atom. The third-order valence-corrected chi connectivity index (χ3v) is 3.92. The molecule has 3 nitrogen and oxygen atoms in total. The summed E-state index contributed by atoms with van der Waals surface area (Å²) in [5, 5.41) is 0.681. The van der Waals surface area contributed by atoms with Gasteiger partial charge in [-0.2, -0.15) is 0 Å². The summed E-state index contributed by atoms with van der Waals surface area (Å²) in [5.74, 6) is 1.47. The molecule has 0 saturated carbocycles. The van der Waals surface area contributed by atoms with E-state index >= 15 is 0 Å². The first kappa shape index (κ1) is 15.6. The lowest BCUT2D eigenvalue weighted by Crippen LogP contribution is -2.32. The van der Waals surface area contributed by atoms with Crippen molar-refractivity contribution in [3.63, 3.8) is 0 Å². The summed E-state index contributed by atoms with van der Waals surface area (Å²) in [5.41, 5.74) is 0. The molecule has 4 heteroatoms. The van der Waals surface area contributed by atoms with Crippen molar-refractivity contribution < 1.29 is 9.47 Å². The summed E-state index contributed by atoms with van der Waals surface area (Å²) < 4.78 is 11.2. The number of ether oxygens (including phenoxy) is 2. The van der Waals surface area contributed by atoms with Gasteiger partial charge in [0, 0.05) is 19.7 Å². The van der Waals surface area contributed by atoms with Crippen LogP contribution in [0.25, 0.3) is 0 Å². The lowest BCUT2D eigenvalue weighted by molar-refractivity contribution is 0.0415. The molecule has 0 unspecified atom stereocenters. The Kier molecular flexibility index (Phi) is 6.64. The van der Waals surface area contributed by atoms with E-state index in [9.17, 15) is 0 Å². The maximum atomic E-state index is 6.05. The van der Waals surface area contributed by atoms with Crippen molar-refractivity contribution in [1.29, 1.82) is 0 Å². The molecule has 1 aromatic carbocycles. The van der Waals surface area contributed by atoms with Gasteiger partial charge in [0.1, 0.15) is 5.75 Å². The van der Waals surface area contributed by atoms with Crippen LogP contribution in [-0.2, 0) is 4.74 Å². The number of para-hydroxylation sites is 1.